The highest BCUT2D eigenvalue weighted by Gasteiger charge is 2.24. The Bertz CT molecular complexity index is 597. The van der Waals surface area contributed by atoms with Crippen molar-refractivity contribution >= 4 is 11.6 Å². The van der Waals surface area contributed by atoms with Crippen molar-refractivity contribution in [3.8, 4) is 5.75 Å². The Morgan fingerprint density at radius 3 is 2.89 bits per heavy atom. The van der Waals surface area contributed by atoms with Gasteiger partial charge in [0.05, 0.1) is 0 Å². The van der Waals surface area contributed by atoms with Gasteiger partial charge in [-0.15, -0.1) is 0 Å². The quantitative estimate of drug-likeness (QED) is 0.894. The minimum absolute atomic E-state index is 0.297. The van der Waals surface area contributed by atoms with Gasteiger partial charge in [0.15, 0.2) is 0 Å². The number of phenols is 1. The van der Waals surface area contributed by atoms with E-state index in [0.29, 0.717) is 23.2 Å². The van der Waals surface area contributed by atoms with Crippen molar-refractivity contribution in [2.75, 3.05) is 6.54 Å². The van der Waals surface area contributed by atoms with Crippen molar-refractivity contribution in [3.63, 3.8) is 0 Å². The summed E-state index contributed by atoms with van der Waals surface area (Å²) in [6.07, 6.45) is 1.14. The Morgan fingerprint density at radius 2 is 2.05 bits per heavy atom. The van der Waals surface area contributed by atoms with Gasteiger partial charge in [0.25, 0.3) is 0 Å². The molecule has 1 aliphatic rings. The zero-order valence-electron chi connectivity index (χ0n) is 10.6. The predicted molar refractivity (Wildman–Crippen MR) is 77.7 cm³/mol. The van der Waals surface area contributed by atoms with Crippen LogP contribution in [0.25, 0.3) is 0 Å². The van der Waals surface area contributed by atoms with Crippen LogP contribution in [0.2, 0.25) is 5.02 Å². The highest BCUT2D eigenvalue weighted by atomic mass is 35.5. The summed E-state index contributed by atoms with van der Waals surface area (Å²) in [6, 6.07) is 13.7. The molecule has 0 saturated heterocycles. The van der Waals surface area contributed by atoms with E-state index < -0.39 is 0 Å². The molecule has 0 bridgehead atoms. The number of nitrogens with one attached hydrogen (secondary N) is 1. The standard InChI is InChI=1S/C16H16ClNO/c17-14-5-6-16(19)13(8-14)10-18-9-12-7-11-3-1-2-4-15(11)12/h1-6,8,12,18-19H,7,9-10H2. The summed E-state index contributed by atoms with van der Waals surface area (Å²) in [4.78, 5) is 0. The average Bonchev–Trinajstić information content (AvgIpc) is 2.39. The number of benzene rings is 2. The van der Waals surface area contributed by atoms with E-state index in [2.05, 4.69) is 29.6 Å². The SMILES string of the molecule is Oc1ccc(Cl)cc1CNCC1Cc2ccccc21. The minimum Gasteiger partial charge on any atom is -0.508 e. The molecule has 2 aromatic carbocycles. The Labute approximate surface area is 118 Å². The fourth-order valence-corrected chi connectivity index (χ4v) is 2.82. The zero-order chi connectivity index (χ0) is 13.2. The van der Waals surface area contributed by atoms with Crippen LogP contribution in [0.1, 0.15) is 22.6 Å². The fraction of sp³-hybridized carbons (Fsp3) is 0.250. The monoisotopic (exact) mass is 273 g/mol. The Hall–Kier alpha value is -1.51. The number of rotatable bonds is 4. The lowest BCUT2D eigenvalue weighted by atomic mass is 9.77. The van der Waals surface area contributed by atoms with E-state index in [9.17, 15) is 5.11 Å². The molecule has 2 nitrogen and oxygen atoms in total. The van der Waals surface area contributed by atoms with Crippen molar-refractivity contribution in [1.29, 1.82) is 0 Å². The summed E-state index contributed by atoms with van der Waals surface area (Å²) >= 11 is 5.92. The molecule has 3 rings (SSSR count). The first-order valence-electron chi connectivity index (χ1n) is 6.50. The van der Waals surface area contributed by atoms with Gasteiger partial charge in [0.1, 0.15) is 5.75 Å². The van der Waals surface area contributed by atoms with Gasteiger partial charge in [-0.05, 0) is 35.7 Å². The third-order valence-electron chi connectivity index (χ3n) is 3.71. The second-order valence-electron chi connectivity index (χ2n) is 5.00. The van der Waals surface area contributed by atoms with Gasteiger partial charge in [-0.3, -0.25) is 0 Å². The van der Waals surface area contributed by atoms with Crippen molar-refractivity contribution in [1.82, 2.24) is 5.32 Å². The Balaban J connectivity index is 1.56. The smallest absolute Gasteiger partial charge is 0.120 e. The molecule has 1 unspecified atom stereocenters. The summed E-state index contributed by atoms with van der Waals surface area (Å²) in [6.45, 7) is 1.58. The molecule has 0 radical (unpaired) electrons. The first-order valence-corrected chi connectivity index (χ1v) is 6.88. The van der Waals surface area contributed by atoms with Gasteiger partial charge >= 0.3 is 0 Å². The van der Waals surface area contributed by atoms with Gasteiger partial charge < -0.3 is 10.4 Å². The van der Waals surface area contributed by atoms with Crippen LogP contribution in [0.4, 0.5) is 0 Å². The van der Waals surface area contributed by atoms with Crippen LogP contribution in [-0.2, 0) is 13.0 Å². The van der Waals surface area contributed by atoms with E-state index in [1.54, 1.807) is 18.2 Å². The first kappa shape index (κ1) is 12.5. The van der Waals surface area contributed by atoms with Crippen LogP contribution >= 0.6 is 11.6 Å². The molecule has 0 heterocycles. The summed E-state index contributed by atoms with van der Waals surface area (Å²) in [5.41, 5.74) is 3.75. The van der Waals surface area contributed by atoms with Crippen LogP contribution in [0, 0.1) is 0 Å². The first-order chi connectivity index (χ1) is 9.24. The van der Waals surface area contributed by atoms with Crippen molar-refractivity contribution < 1.29 is 5.11 Å². The Kier molecular flexibility index (Phi) is 3.45. The molecule has 3 heteroatoms. The molecule has 0 aromatic heterocycles. The van der Waals surface area contributed by atoms with E-state index in [1.165, 1.54) is 11.1 Å². The number of hydrogen-bond donors (Lipinski definition) is 2. The number of aromatic hydroxyl groups is 1. The maximum Gasteiger partial charge on any atom is 0.120 e. The maximum absolute atomic E-state index is 9.73. The maximum atomic E-state index is 9.73. The van der Waals surface area contributed by atoms with Crippen molar-refractivity contribution in [2.24, 2.45) is 0 Å². The van der Waals surface area contributed by atoms with Gasteiger partial charge in [-0.25, -0.2) is 0 Å². The van der Waals surface area contributed by atoms with Gasteiger partial charge in [0.2, 0.25) is 0 Å². The van der Waals surface area contributed by atoms with E-state index in [4.69, 9.17) is 11.6 Å². The van der Waals surface area contributed by atoms with Crippen molar-refractivity contribution in [2.45, 2.75) is 18.9 Å². The molecule has 2 N–H and O–H groups in total. The molecular formula is C16H16ClNO. The van der Waals surface area contributed by atoms with Crippen LogP contribution in [0.15, 0.2) is 42.5 Å². The summed E-state index contributed by atoms with van der Waals surface area (Å²) in [5.74, 6) is 0.892. The van der Waals surface area contributed by atoms with E-state index in [-0.39, 0.29) is 0 Å². The fourth-order valence-electron chi connectivity index (χ4n) is 2.62. The van der Waals surface area contributed by atoms with E-state index in [1.807, 2.05) is 0 Å². The molecule has 1 aliphatic carbocycles. The number of halogens is 1. The lowest BCUT2D eigenvalue weighted by Crippen LogP contribution is -2.28. The molecule has 98 valence electrons. The molecular weight excluding hydrogens is 258 g/mol. The van der Waals surface area contributed by atoms with Crippen LogP contribution < -0.4 is 5.32 Å². The number of fused-ring (bicyclic) bond motifs is 1. The highest BCUT2D eigenvalue weighted by Crippen LogP contribution is 2.34. The van der Waals surface area contributed by atoms with Crippen LogP contribution in [0.3, 0.4) is 0 Å². The molecule has 0 saturated carbocycles. The molecule has 0 amide bonds. The predicted octanol–water partition coefficient (Wildman–Crippen LogP) is 3.48. The third-order valence-corrected chi connectivity index (χ3v) is 3.94. The van der Waals surface area contributed by atoms with Crippen LogP contribution in [-0.4, -0.2) is 11.7 Å². The second kappa shape index (κ2) is 5.24. The topological polar surface area (TPSA) is 32.3 Å². The number of hydrogen-bond acceptors (Lipinski definition) is 2. The average molecular weight is 274 g/mol. The minimum atomic E-state index is 0.297. The van der Waals surface area contributed by atoms with E-state index in [0.717, 1.165) is 18.5 Å². The summed E-state index contributed by atoms with van der Waals surface area (Å²) in [7, 11) is 0. The third kappa shape index (κ3) is 2.60. The lowest BCUT2D eigenvalue weighted by Gasteiger charge is -2.30. The molecule has 1 atom stereocenters. The molecule has 2 aromatic rings. The van der Waals surface area contributed by atoms with Gasteiger partial charge in [-0.1, -0.05) is 35.9 Å². The number of phenolic OH excluding ortho intramolecular Hbond substituents is 1. The van der Waals surface area contributed by atoms with E-state index >= 15 is 0 Å². The lowest BCUT2D eigenvalue weighted by molar-refractivity contribution is 0.460. The van der Waals surface area contributed by atoms with Gasteiger partial charge in [-0.2, -0.15) is 0 Å². The largest absolute Gasteiger partial charge is 0.508 e. The van der Waals surface area contributed by atoms with Crippen molar-refractivity contribution in [3.05, 3.63) is 64.2 Å². The molecule has 19 heavy (non-hydrogen) atoms. The molecule has 0 aliphatic heterocycles. The second-order valence-corrected chi connectivity index (χ2v) is 5.44. The highest BCUT2D eigenvalue weighted by molar-refractivity contribution is 6.30. The summed E-state index contributed by atoms with van der Waals surface area (Å²) in [5, 5.41) is 13.8. The zero-order valence-corrected chi connectivity index (χ0v) is 11.3. The normalized spacial score (nSPS) is 16.8. The Morgan fingerprint density at radius 1 is 1.21 bits per heavy atom. The van der Waals surface area contributed by atoms with Gasteiger partial charge in [0, 0.05) is 29.6 Å². The summed E-state index contributed by atoms with van der Waals surface area (Å²) < 4.78 is 0. The molecule has 0 spiro atoms. The van der Waals surface area contributed by atoms with Crippen LogP contribution in [0.5, 0.6) is 5.75 Å². The molecule has 0 fully saturated rings.